The van der Waals surface area contributed by atoms with E-state index in [4.69, 9.17) is 0 Å². The Hall–Kier alpha value is -1.31. The molecule has 2 heteroatoms. The van der Waals surface area contributed by atoms with Crippen LogP contribution in [0.4, 0.5) is 0 Å². The van der Waals surface area contributed by atoms with E-state index in [1.807, 2.05) is 12.2 Å². The molecule has 2 nitrogen and oxygen atoms in total. The molecule has 2 aliphatic rings. The monoisotopic (exact) mass is 146 g/mol. The van der Waals surface area contributed by atoms with Crippen molar-refractivity contribution in [2.75, 3.05) is 0 Å². The van der Waals surface area contributed by atoms with Crippen molar-refractivity contribution < 1.29 is 4.79 Å². The summed E-state index contributed by atoms with van der Waals surface area (Å²) in [6, 6.07) is -0.134. The summed E-state index contributed by atoms with van der Waals surface area (Å²) >= 11 is 0. The van der Waals surface area contributed by atoms with Gasteiger partial charge in [-0.2, -0.15) is 0 Å². The number of ketones is 1. The molecule has 1 radical (unpaired) electrons. The number of rotatable bonds is 0. The molecular weight excluding hydrogens is 138 g/mol. The van der Waals surface area contributed by atoms with E-state index >= 15 is 0 Å². The summed E-state index contributed by atoms with van der Waals surface area (Å²) in [6.07, 6.45) is 11.0. The van der Waals surface area contributed by atoms with Crippen LogP contribution in [0.25, 0.3) is 0 Å². The largest absolute Gasteiger partial charge is 0.370 e. The van der Waals surface area contributed by atoms with Crippen molar-refractivity contribution in [1.29, 1.82) is 0 Å². The zero-order chi connectivity index (χ0) is 7.68. The van der Waals surface area contributed by atoms with Crippen molar-refractivity contribution in [1.82, 2.24) is 5.32 Å². The molecule has 0 saturated carbocycles. The standard InChI is InChI=1S/C9H8NO/c11-8-5-1-3-7-4-2-6-10-9(7)8/h1-2,4-5,9-10H,3H2. The molecule has 0 spiro atoms. The summed E-state index contributed by atoms with van der Waals surface area (Å²) in [6.45, 7) is 0. The molecule has 1 unspecified atom stereocenters. The quantitative estimate of drug-likeness (QED) is 0.546. The van der Waals surface area contributed by atoms with Crippen LogP contribution >= 0.6 is 0 Å². The van der Waals surface area contributed by atoms with E-state index in [1.54, 1.807) is 12.2 Å². The van der Waals surface area contributed by atoms with E-state index in [-0.39, 0.29) is 11.8 Å². The summed E-state index contributed by atoms with van der Waals surface area (Å²) in [7, 11) is 0. The van der Waals surface area contributed by atoms with Crippen molar-refractivity contribution >= 4 is 5.78 Å². The van der Waals surface area contributed by atoms with Crippen LogP contribution in [0.2, 0.25) is 0 Å². The minimum Gasteiger partial charge on any atom is -0.370 e. The highest BCUT2D eigenvalue weighted by molar-refractivity contribution is 5.98. The van der Waals surface area contributed by atoms with Crippen molar-refractivity contribution in [2.45, 2.75) is 12.5 Å². The molecule has 0 aromatic carbocycles. The van der Waals surface area contributed by atoms with E-state index in [0.29, 0.717) is 0 Å². The number of allylic oxidation sites excluding steroid dienone is 3. The fourth-order valence-electron chi connectivity index (χ4n) is 1.32. The fourth-order valence-corrected chi connectivity index (χ4v) is 1.32. The molecule has 11 heavy (non-hydrogen) atoms. The Morgan fingerprint density at radius 3 is 3.36 bits per heavy atom. The summed E-state index contributed by atoms with van der Waals surface area (Å²) in [5, 5.41) is 2.90. The summed E-state index contributed by atoms with van der Waals surface area (Å²) in [4.78, 5) is 11.2. The fraction of sp³-hybridized carbons (Fsp3) is 0.222. The minimum absolute atomic E-state index is 0.128. The van der Waals surface area contributed by atoms with Crippen molar-refractivity contribution in [3.8, 4) is 0 Å². The Balaban J connectivity index is 2.34. The second-order valence-electron chi connectivity index (χ2n) is 2.64. The number of fused-ring (bicyclic) bond motifs is 1. The maximum atomic E-state index is 11.2. The Kier molecular flexibility index (Phi) is 1.39. The molecule has 0 bridgehead atoms. The lowest BCUT2D eigenvalue weighted by molar-refractivity contribution is -0.115. The van der Waals surface area contributed by atoms with Crippen molar-refractivity contribution in [3.05, 3.63) is 36.1 Å². The van der Waals surface area contributed by atoms with Crippen LogP contribution < -0.4 is 5.32 Å². The number of dihydropyridines is 1. The molecule has 1 aliphatic heterocycles. The maximum Gasteiger partial charge on any atom is 0.181 e. The van der Waals surface area contributed by atoms with Gasteiger partial charge < -0.3 is 5.32 Å². The molecule has 1 N–H and O–H groups in total. The van der Waals surface area contributed by atoms with Gasteiger partial charge in [-0.05, 0) is 24.1 Å². The zero-order valence-electron chi connectivity index (χ0n) is 6.00. The van der Waals surface area contributed by atoms with E-state index in [2.05, 4.69) is 11.5 Å². The molecule has 0 amide bonds. The lowest BCUT2D eigenvalue weighted by Crippen LogP contribution is -2.37. The lowest BCUT2D eigenvalue weighted by atomic mass is 9.93. The molecule has 1 aliphatic carbocycles. The Bertz CT molecular complexity index is 273. The van der Waals surface area contributed by atoms with Gasteiger partial charge in [0.1, 0.15) is 6.04 Å². The first-order chi connectivity index (χ1) is 5.38. The van der Waals surface area contributed by atoms with Gasteiger partial charge in [0.15, 0.2) is 5.78 Å². The highest BCUT2D eigenvalue weighted by Gasteiger charge is 2.22. The third kappa shape index (κ3) is 1.00. The molecule has 0 fully saturated rings. The van der Waals surface area contributed by atoms with E-state index in [1.165, 1.54) is 0 Å². The van der Waals surface area contributed by atoms with Gasteiger partial charge in [-0.3, -0.25) is 4.79 Å². The first-order valence-electron chi connectivity index (χ1n) is 3.61. The first kappa shape index (κ1) is 6.40. The number of hydrogen-bond donors (Lipinski definition) is 1. The second-order valence-corrected chi connectivity index (χ2v) is 2.64. The topological polar surface area (TPSA) is 29.1 Å². The zero-order valence-corrected chi connectivity index (χ0v) is 6.00. The second kappa shape index (κ2) is 2.38. The molecule has 0 aromatic rings. The van der Waals surface area contributed by atoms with Gasteiger partial charge in [0, 0.05) is 0 Å². The lowest BCUT2D eigenvalue weighted by Gasteiger charge is -2.22. The third-order valence-electron chi connectivity index (χ3n) is 1.90. The van der Waals surface area contributed by atoms with Crippen LogP contribution in [-0.2, 0) is 4.79 Å². The van der Waals surface area contributed by atoms with Crippen LogP contribution in [0.1, 0.15) is 6.42 Å². The average Bonchev–Trinajstić information content (AvgIpc) is 2.06. The van der Waals surface area contributed by atoms with Crippen LogP contribution in [0.15, 0.2) is 29.9 Å². The van der Waals surface area contributed by atoms with Gasteiger partial charge in [-0.1, -0.05) is 12.2 Å². The maximum absolute atomic E-state index is 11.2. The van der Waals surface area contributed by atoms with Crippen LogP contribution in [0.5, 0.6) is 0 Å². The highest BCUT2D eigenvalue weighted by atomic mass is 16.1. The van der Waals surface area contributed by atoms with Crippen LogP contribution in [0.3, 0.4) is 0 Å². The van der Waals surface area contributed by atoms with Gasteiger partial charge in [0.05, 0.1) is 6.20 Å². The van der Waals surface area contributed by atoms with Crippen LogP contribution in [-0.4, -0.2) is 11.8 Å². The molecule has 1 atom stereocenters. The molecule has 55 valence electrons. The van der Waals surface area contributed by atoms with Crippen molar-refractivity contribution in [2.24, 2.45) is 0 Å². The minimum atomic E-state index is -0.134. The summed E-state index contributed by atoms with van der Waals surface area (Å²) < 4.78 is 0. The Morgan fingerprint density at radius 1 is 1.64 bits per heavy atom. The van der Waals surface area contributed by atoms with Crippen molar-refractivity contribution in [3.63, 3.8) is 0 Å². The Morgan fingerprint density at radius 2 is 2.55 bits per heavy atom. The molecule has 2 rings (SSSR count). The number of hydrogen-bond acceptors (Lipinski definition) is 2. The number of carbonyl (C=O) groups excluding carboxylic acids is 1. The number of carbonyl (C=O) groups is 1. The third-order valence-corrected chi connectivity index (χ3v) is 1.90. The average molecular weight is 146 g/mol. The van der Waals surface area contributed by atoms with Gasteiger partial charge in [0.2, 0.25) is 0 Å². The molecular formula is C9H8NO. The predicted octanol–water partition coefficient (Wildman–Crippen LogP) is 0.730. The Labute approximate surface area is 65.3 Å². The van der Waals surface area contributed by atoms with Crippen LogP contribution in [0, 0.1) is 6.20 Å². The normalized spacial score (nSPS) is 27.5. The smallest absolute Gasteiger partial charge is 0.181 e. The molecule has 1 heterocycles. The molecule has 0 saturated heterocycles. The SMILES string of the molecule is O=C1C=CCC2=CC=[C]NC12. The van der Waals surface area contributed by atoms with Gasteiger partial charge in [-0.25, -0.2) is 0 Å². The van der Waals surface area contributed by atoms with Gasteiger partial charge in [-0.15, -0.1) is 0 Å². The highest BCUT2D eigenvalue weighted by Crippen LogP contribution is 2.17. The van der Waals surface area contributed by atoms with E-state index < -0.39 is 0 Å². The van der Waals surface area contributed by atoms with E-state index in [9.17, 15) is 4.79 Å². The summed E-state index contributed by atoms with van der Waals surface area (Å²) in [5.74, 6) is 0.128. The first-order valence-corrected chi connectivity index (χ1v) is 3.61. The number of nitrogens with one attached hydrogen (secondary N) is 1. The predicted molar refractivity (Wildman–Crippen MR) is 41.6 cm³/mol. The summed E-state index contributed by atoms with van der Waals surface area (Å²) in [5.41, 5.74) is 1.14. The van der Waals surface area contributed by atoms with Gasteiger partial charge >= 0.3 is 0 Å². The van der Waals surface area contributed by atoms with Gasteiger partial charge in [0.25, 0.3) is 0 Å². The van der Waals surface area contributed by atoms with E-state index in [0.717, 1.165) is 12.0 Å². The molecule has 0 aromatic heterocycles.